The van der Waals surface area contributed by atoms with Gasteiger partial charge in [-0.2, -0.15) is 5.10 Å². The second-order valence-electron chi connectivity index (χ2n) is 5.07. The Hall–Kier alpha value is -1.91. The van der Waals surface area contributed by atoms with Gasteiger partial charge in [0.15, 0.2) is 10.8 Å². The van der Waals surface area contributed by atoms with E-state index < -0.39 is 0 Å². The van der Waals surface area contributed by atoms with Crippen molar-refractivity contribution in [3.8, 4) is 0 Å². The van der Waals surface area contributed by atoms with Crippen LogP contribution in [0.25, 0.3) is 11.0 Å². The summed E-state index contributed by atoms with van der Waals surface area (Å²) in [7, 11) is 1.49. The van der Waals surface area contributed by atoms with Crippen molar-refractivity contribution in [1.29, 1.82) is 0 Å². The summed E-state index contributed by atoms with van der Waals surface area (Å²) in [6.45, 7) is 4.93. The summed E-state index contributed by atoms with van der Waals surface area (Å²) in [5.41, 5.74) is 0.735. The minimum atomic E-state index is -0.156. The summed E-state index contributed by atoms with van der Waals surface area (Å²) in [5, 5.41) is 11.9. The van der Waals surface area contributed by atoms with E-state index in [0.29, 0.717) is 38.0 Å². The minimum Gasteiger partial charge on any atom is -0.380 e. The lowest BCUT2D eigenvalue weighted by atomic mass is 10.4. The van der Waals surface area contributed by atoms with Gasteiger partial charge >= 0.3 is 0 Å². The Kier molecular flexibility index (Phi) is 7.89. The summed E-state index contributed by atoms with van der Waals surface area (Å²) in [4.78, 5) is 20.5. The van der Waals surface area contributed by atoms with Gasteiger partial charge in [-0.15, -0.1) is 0 Å². The highest BCUT2D eigenvalue weighted by Gasteiger charge is 2.12. The predicted molar refractivity (Wildman–Crippen MR) is 97.0 cm³/mol. The van der Waals surface area contributed by atoms with E-state index in [9.17, 15) is 4.79 Å². The van der Waals surface area contributed by atoms with Gasteiger partial charge in [-0.3, -0.25) is 4.79 Å². The quantitative estimate of drug-likeness (QED) is 0.340. The largest absolute Gasteiger partial charge is 0.380 e. The highest BCUT2D eigenvalue weighted by atomic mass is 32.2. The molecule has 0 aliphatic carbocycles. The first-order chi connectivity index (χ1) is 12.2. The summed E-state index contributed by atoms with van der Waals surface area (Å²) < 4.78 is 11.9. The van der Waals surface area contributed by atoms with E-state index in [0.717, 1.165) is 16.9 Å². The van der Waals surface area contributed by atoms with Gasteiger partial charge in [-0.05, 0) is 13.2 Å². The van der Waals surface area contributed by atoms with Gasteiger partial charge in [-0.25, -0.2) is 14.6 Å². The molecule has 0 atom stereocenters. The molecule has 9 nitrogen and oxygen atoms in total. The number of rotatable bonds is 11. The van der Waals surface area contributed by atoms with Crippen molar-refractivity contribution in [2.24, 2.45) is 0 Å². The fourth-order valence-electron chi connectivity index (χ4n) is 2.19. The van der Waals surface area contributed by atoms with Crippen molar-refractivity contribution in [1.82, 2.24) is 25.1 Å². The topological polar surface area (TPSA) is 103 Å². The van der Waals surface area contributed by atoms with E-state index in [4.69, 9.17) is 9.47 Å². The van der Waals surface area contributed by atoms with Gasteiger partial charge in [0.1, 0.15) is 12.4 Å². The Bertz CT molecular complexity index is 693. The molecule has 138 valence electrons. The lowest BCUT2D eigenvalue weighted by Gasteiger charge is -2.09. The zero-order valence-corrected chi connectivity index (χ0v) is 15.6. The molecule has 2 N–H and O–H groups in total. The van der Waals surface area contributed by atoms with E-state index in [1.54, 1.807) is 10.9 Å². The Labute approximate surface area is 150 Å². The van der Waals surface area contributed by atoms with Gasteiger partial charge < -0.3 is 20.1 Å². The van der Waals surface area contributed by atoms with Crippen molar-refractivity contribution < 1.29 is 14.3 Å². The molecule has 0 unspecified atom stereocenters. The summed E-state index contributed by atoms with van der Waals surface area (Å²) >= 11 is 1.47. The molecule has 0 aliphatic heterocycles. The third-order valence-electron chi connectivity index (χ3n) is 3.32. The highest BCUT2D eigenvalue weighted by Crippen LogP contribution is 2.23. The lowest BCUT2D eigenvalue weighted by Crippen LogP contribution is -2.30. The zero-order chi connectivity index (χ0) is 18.1. The number of nitrogens with one attached hydrogen (secondary N) is 2. The molecule has 2 aromatic heterocycles. The first-order valence-corrected chi connectivity index (χ1v) is 9.26. The Morgan fingerprint density at radius 2 is 2.20 bits per heavy atom. The van der Waals surface area contributed by atoms with E-state index in [-0.39, 0.29) is 12.5 Å². The first kappa shape index (κ1) is 19.4. The fourth-order valence-corrected chi connectivity index (χ4v) is 2.55. The summed E-state index contributed by atoms with van der Waals surface area (Å²) in [6, 6.07) is 0. The van der Waals surface area contributed by atoms with Crippen molar-refractivity contribution in [2.45, 2.75) is 18.6 Å². The van der Waals surface area contributed by atoms with Crippen molar-refractivity contribution in [3.63, 3.8) is 0 Å². The number of fused-ring (bicyclic) bond motifs is 1. The molecule has 2 aromatic rings. The number of anilines is 1. The highest BCUT2D eigenvalue weighted by molar-refractivity contribution is 7.98. The molecule has 0 fully saturated rings. The number of thioether (sulfide) groups is 1. The molecule has 0 saturated carbocycles. The third-order valence-corrected chi connectivity index (χ3v) is 3.87. The van der Waals surface area contributed by atoms with Gasteiger partial charge in [0.05, 0.1) is 24.7 Å². The average Bonchev–Trinajstić information content (AvgIpc) is 3.02. The molecular formula is C15H24N6O3S. The van der Waals surface area contributed by atoms with Gasteiger partial charge in [0.25, 0.3) is 0 Å². The molecule has 0 saturated heterocycles. The molecule has 0 aliphatic rings. The summed E-state index contributed by atoms with van der Waals surface area (Å²) in [6.07, 6.45) is 3.66. The predicted octanol–water partition coefficient (Wildman–Crippen LogP) is 0.759. The Balaban J connectivity index is 2.10. The van der Waals surface area contributed by atoms with Crippen LogP contribution in [0.3, 0.4) is 0 Å². The molecule has 10 heteroatoms. The molecule has 2 rings (SSSR count). The molecule has 0 spiro atoms. The second kappa shape index (κ2) is 10.2. The molecule has 1 amide bonds. The maximum Gasteiger partial charge on any atom is 0.246 e. The number of aromatic nitrogens is 4. The number of ether oxygens (including phenoxy) is 2. The average molecular weight is 368 g/mol. The van der Waals surface area contributed by atoms with E-state index >= 15 is 0 Å². The summed E-state index contributed by atoms with van der Waals surface area (Å²) in [5.74, 6) is 0.584. The molecule has 2 heterocycles. The Morgan fingerprint density at radius 1 is 1.36 bits per heavy atom. The van der Waals surface area contributed by atoms with E-state index in [1.807, 2.05) is 13.2 Å². The van der Waals surface area contributed by atoms with Crippen molar-refractivity contribution >= 4 is 34.5 Å². The first-order valence-electron chi connectivity index (χ1n) is 8.04. The fraction of sp³-hybridized carbons (Fsp3) is 0.600. The van der Waals surface area contributed by atoms with Crippen LogP contribution in [0.1, 0.15) is 6.92 Å². The second-order valence-corrected chi connectivity index (χ2v) is 5.84. The number of hydrogen-bond donors (Lipinski definition) is 2. The van der Waals surface area contributed by atoms with Crippen molar-refractivity contribution in [2.75, 3.05) is 51.6 Å². The van der Waals surface area contributed by atoms with Crippen LogP contribution in [0.2, 0.25) is 0 Å². The van der Waals surface area contributed by atoms with Crippen LogP contribution in [0.4, 0.5) is 5.82 Å². The number of carbonyl (C=O) groups excluding carboxylic acids is 1. The maximum absolute atomic E-state index is 11.4. The van der Waals surface area contributed by atoms with Crippen LogP contribution >= 0.6 is 11.8 Å². The van der Waals surface area contributed by atoms with Gasteiger partial charge in [-0.1, -0.05) is 11.8 Å². The van der Waals surface area contributed by atoms with Crippen LogP contribution in [0, 0.1) is 0 Å². The number of methoxy groups -OCH3 is 1. The SMILES string of the molecule is CCOCCNc1nc(SC)nc2c1cnn2CCNC(=O)COC. The standard InChI is InChI=1S/C15H24N6O3S/c1-4-24-8-6-17-13-11-9-18-21(7-5-16-12(22)10-23-2)14(11)20-15(19-13)25-3/h9H,4-8,10H2,1-3H3,(H,16,22)(H,17,19,20). The van der Waals surface area contributed by atoms with Gasteiger partial charge in [0.2, 0.25) is 5.91 Å². The number of hydrogen-bond acceptors (Lipinski definition) is 8. The lowest BCUT2D eigenvalue weighted by molar-refractivity contribution is -0.124. The number of amides is 1. The molecule has 0 radical (unpaired) electrons. The monoisotopic (exact) mass is 368 g/mol. The third kappa shape index (κ3) is 5.55. The minimum absolute atomic E-state index is 0.0482. The van der Waals surface area contributed by atoms with Crippen molar-refractivity contribution in [3.05, 3.63) is 6.20 Å². The molecular weight excluding hydrogens is 344 g/mol. The van der Waals surface area contributed by atoms with E-state index in [1.165, 1.54) is 18.9 Å². The number of nitrogens with zero attached hydrogens (tertiary/aromatic N) is 4. The molecule has 0 aromatic carbocycles. The Morgan fingerprint density at radius 3 is 2.92 bits per heavy atom. The van der Waals surface area contributed by atoms with Crippen LogP contribution in [-0.4, -0.2) is 71.9 Å². The van der Waals surface area contributed by atoms with E-state index in [2.05, 4.69) is 25.7 Å². The normalized spacial score (nSPS) is 11.0. The molecule has 0 bridgehead atoms. The van der Waals surface area contributed by atoms with Gasteiger partial charge in [0, 0.05) is 26.8 Å². The van der Waals surface area contributed by atoms with Crippen LogP contribution in [0.15, 0.2) is 11.4 Å². The smallest absolute Gasteiger partial charge is 0.246 e. The van der Waals surface area contributed by atoms with Crippen LogP contribution in [0.5, 0.6) is 0 Å². The number of carbonyl (C=O) groups is 1. The van der Waals surface area contributed by atoms with Crippen LogP contribution < -0.4 is 10.6 Å². The molecule has 25 heavy (non-hydrogen) atoms. The maximum atomic E-state index is 11.4. The zero-order valence-electron chi connectivity index (χ0n) is 14.7. The van der Waals surface area contributed by atoms with Crippen LogP contribution in [-0.2, 0) is 20.8 Å².